The van der Waals surface area contributed by atoms with Gasteiger partial charge < -0.3 is 0 Å². The normalized spacial score (nSPS) is 15.3. The van der Waals surface area contributed by atoms with Gasteiger partial charge >= 0.3 is 0 Å². The summed E-state index contributed by atoms with van der Waals surface area (Å²) in [6.45, 7) is 4.32. The number of rotatable bonds is 5. The van der Waals surface area contributed by atoms with Crippen LogP contribution in [0.1, 0.15) is 11.1 Å². The molecule has 0 saturated carbocycles. The molecule has 148 valence electrons. The standard InChI is InChI=1S/C22H21ClN4O2/c23-22-9-8-20(27(28)29)14-19(22)15-24-26-12-10-25(11-13-26)16-18-6-3-5-17-4-1-2-7-21(17)18/h1-9,14-15H,10-13,16H2/b24-15+. The number of nitro benzene ring substituents is 1. The Morgan fingerprint density at radius 3 is 2.59 bits per heavy atom. The zero-order chi connectivity index (χ0) is 20.2. The van der Waals surface area contributed by atoms with Crippen molar-refractivity contribution in [2.75, 3.05) is 26.2 Å². The summed E-state index contributed by atoms with van der Waals surface area (Å²) < 4.78 is 0. The molecule has 0 spiro atoms. The molecule has 0 N–H and O–H groups in total. The maximum absolute atomic E-state index is 10.9. The highest BCUT2D eigenvalue weighted by Crippen LogP contribution is 2.22. The van der Waals surface area contributed by atoms with Crippen LogP contribution in [0.2, 0.25) is 5.02 Å². The molecule has 1 fully saturated rings. The molecule has 1 aliphatic heterocycles. The number of halogens is 1. The average Bonchev–Trinajstić information content (AvgIpc) is 2.74. The van der Waals surface area contributed by atoms with Crippen LogP contribution in [0.3, 0.4) is 0 Å². The Bertz CT molecular complexity index is 1060. The second-order valence-electron chi connectivity index (χ2n) is 7.08. The van der Waals surface area contributed by atoms with E-state index < -0.39 is 4.92 Å². The first-order valence-electron chi connectivity index (χ1n) is 9.52. The van der Waals surface area contributed by atoms with Crippen LogP contribution in [0.15, 0.2) is 65.8 Å². The van der Waals surface area contributed by atoms with Crippen molar-refractivity contribution in [1.82, 2.24) is 9.91 Å². The van der Waals surface area contributed by atoms with Gasteiger partial charge in [0.15, 0.2) is 0 Å². The van der Waals surface area contributed by atoms with E-state index in [1.165, 1.54) is 34.5 Å². The van der Waals surface area contributed by atoms with E-state index in [2.05, 4.69) is 52.5 Å². The molecule has 0 aliphatic carbocycles. The highest BCUT2D eigenvalue weighted by Gasteiger charge is 2.16. The van der Waals surface area contributed by atoms with E-state index >= 15 is 0 Å². The van der Waals surface area contributed by atoms with Crippen LogP contribution in [0.25, 0.3) is 10.8 Å². The van der Waals surface area contributed by atoms with E-state index in [9.17, 15) is 10.1 Å². The summed E-state index contributed by atoms with van der Waals surface area (Å²) in [5.41, 5.74) is 1.90. The summed E-state index contributed by atoms with van der Waals surface area (Å²) in [7, 11) is 0. The fourth-order valence-corrected chi connectivity index (χ4v) is 3.74. The molecule has 0 atom stereocenters. The first-order chi connectivity index (χ1) is 14.1. The maximum atomic E-state index is 10.9. The van der Waals surface area contributed by atoms with E-state index in [1.54, 1.807) is 6.21 Å². The molecule has 0 radical (unpaired) electrons. The minimum atomic E-state index is -0.431. The molecule has 0 bridgehead atoms. The number of piperazine rings is 1. The highest BCUT2D eigenvalue weighted by atomic mass is 35.5. The van der Waals surface area contributed by atoms with Crippen molar-refractivity contribution in [2.45, 2.75) is 6.54 Å². The van der Waals surface area contributed by atoms with Crippen LogP contribution in [0.5, 0.6) is 0 Å². The molecular formula is C22H21ClN4O2. The smallest absolute Gasteiger partial charge is 0.270 e. The Kier molecular flexibility index (Phi) is 5.74. The molecule has 29 heavy (non-hydrogen) atoms. The lowest BCUT2D eigenvalue weighted by atomic mass is 10.0. The lowest BCUT2D eigenvalue weighted by molar-refractivity contribution is -0.384. The van der Waals surface area contributed by atoms with Crippen molar-refractivity contribution in [2.24, 2.45) is 5.10 Å². The molecule has 7 heteroatoms. The zero-order valence-corrected chi connectivity index (χ0v) is 16.6. The maximum Gasteiger partial charge on any atom is 0.270 e. The molecule has 4 rings (SSSR count). The summed E-state index contributed by atoms with van der Waals surface area (Å²) in [5, 5.41) is 20.4. The van der Waals surface area contributed by atoms with Crippen LogP contribution >= 0.6 is 11.6 Å². The van der Waals surface area contributed by atoms with Gasteiger partial charge in [-0.1, -0.05) is 54.1 Å². The minimum absolute atomic E-state index is 0.00996. The molecule has 1 aliphatic rings. The third-order valence-corrected chi connectivity index (χ3v) is 5.52. The number of nitro groups is 1. The van der Waals surface area contributed by atoms with Crippen LogP contribution in [-0.2, 0) is 6.54 Å². The van der Waals surface area contributed by atoms with Crippen molar-refractivity contribution in [1.29, 1.82) is 0 Å². The average molecular weight is 409 g/mol. The number of nitrogens with zero attached hydrogens (tertiary/aromatic N) is 4. The summed E-state index contributed by atoms with van der Waals surface area (Å²) >= 11 is 6.14. The predicted octanol–water partition coefficient (Wildman–Crippen LogP) is 4.55. The summed E-state index contributed by atoms with van der Waals surface area (Å²) in [6.07, 6.45) is 1.61. The van der Waals surface area contributed by atoms with E-state index in [0.717, 1.165) is 32.7 Å². The highest BCUT2D eigenvalue weighted by molar-refractivity contribution is 6.33. The molecule has 3 aromatic carbocycles. The van der Waals surface area contributed by atoms with Gasteiger partial charge in [0.1, 0.15) is 0 Å². The number of hydrogen-bond donors (Lipinski definition) is 0. The van der Waals surface area contributed by atoms with E-state index in [4.69, 9.17) is 11.6 Å². The van der Waals surface area contributed by atoms with Gasteiger partial charge in [0.05, 0.1) is 11.1 Å². The second-order valence-corrected chi connectivity index (χ2v) is 7.48. The predicted molar refractivity (Wildman–Crippen MR) is 116 cm³/mol. The second kappa shape index (κ2) is 8.59. The molecular weight excluding hydrogens is 388 g/mol. The number of hydrazone groups is 1. The first-order valence-corrected chi connectivity index (χ1v) is 9.90. The van der Waals surface area contributed by atoms with Crippen molar-refractivity contribution < 1.29 is 4.92 Å². The van der Waals surface area contributed by atoms with Crippen molar-refractivity contribution in [3.63, 3.8) is 0 Å². The van der Waals surface area contributed by atoms with Gasteiger partial charge in [-0.25, -0.2) is 0 Å². The van der Waals surface area contributed by atoms with Crippen molar-refractivity contribution >= 4 is 34.3 Å². The molecule has 6 nitrogen and oxygen atoms in total. The molecule has 3 aromatic rings. The van der Waals surface area contributed by atoms with E-state index in [1.807, 2.05) is 5.01 Å². The summed E-state index contributed by atoms with van der Waals surface area (Å²) in [5.74, 6) is 0. The number of hydrogen-bond acceptors (Lipinski definition) is 5. The quantitative estimate of drug-likeness (QED) is 0.353. The Morgan fingerprint density at radius 2 is 1.79 bits per heavy atom. The van der Waals surface area contributed by atoms with Gasteiger partial charge in [0, 0.05) is 55.4 Å². The van der Waals surface area contributed by atoms with E-state index in [-0.39, 0.29) is 5.69 Å². The van der Waals surface area contributed by atoms with Gasteiger partial charge in [-0.2, -0.15) is 5.10 Å². The lowest BCUT2D eigenvalue weighted by Gasteiger charge is -2.33. The number of benzene rings is 3. The fourth-order valence-electron chi connectivity index (χ4n) is 3.57. The van der Waals surface area contributed by atoms with E-state index in [0.29, 0.717) is 10.6 Å². The Hall–Kier alpha value is -2.96. The third kappa shape index (κ3) is 4.55. The molecule has 1 saturated heterocycles. The Balaban J connectivity index is 1.38. The van der Waals surface area contributed by atoms with Crippen molar-refractivity contribution in [3.8, 4) is 0 Å². The summed E-state index contributed by atoms with van der Waals surface area (Å²) in [6, 6.07) is 19.3. The SMILES string of the molecule is O=[N+]([O-])c1ccc(Cl)c(/C=N/N2CCN(Cc3cccc4ccccc34)CC2)c1. The molecule has 0 unspecified atom stereocenters. The molecule has 1 heterocycles. The van der Waals surface area contributed by atoms with Gasteiger partial charge in [-0.05, 0) is 22.4 Å². The van der Waals surface area contributed by atoms with Crippen LogP contribution < -0.4 is 0 Å². The van der Waals surface area contributed by atoms with Gasteiger partial charge in [0.25, 0.3) is 5.69 Å². The van der Waals surface area contributed by atoms with Crippen LogP contribution in [0, 0.1) is 10.1 Å². The first kappa shape index (κ1) is 19.4. The van der Waals surface area contributed by atoms with Gasteiger partial charge in [-0.15, -0.1) is 0 Å². The number of fused-ring (bicyclic) bond motifs is 1. The zero-order valence-electron chi connectivity index (χ0n) is 15.9. The fraction of sp³-hybridized carbons (Fsp3) is 0.227. The minimum Gasteiger partial charge on any atom is -0.295 e. The van der Waals surface area contributed by atoms with Crippen LogP contribution in [0.4, 0.5) is 5.69 Å². The van der Waals surface area contributed by atoms with Gasteiger partial charge in [0.2, 0.25) is 0 Å². The topological polar surface area (TPSA) is 62.0 Å². The lowest BCUT2D eigenvalue weighted by Crippen LogP contribution is -2.43. The molecule has 0 aromatic heterocycles. The largest absolute Gasteiger partial charge is 0.295 e. The Labute approximate surface area is 174 Å². The van der Waals surface area contributed by atoms with Gasteiger partial charge in [-0.3, -0.25) is 20.0 Å². The third-order valence-electron chi connectivity index (χ3n) is 5.17. The molecule has 0 amide bonds. The monoisotopic (exact) mass is 408 g/mol. The van der Waals surface area contributed by atoms with Crippen LogP contribution in [-0.4, -0.2) is 47.2 Å². The number of non-ortho nitro benzene ring substituents is 1. The van der Waals surface area contributed by atoms with Crippen molar-refractivity contribution in [3.05, 3.63) is 86.9 Å². The Morgan fingerprint density at radius 1 is 1.03 bits per heavy atom. The summed E-state index contributed by atoms with van der Waals surface area (Å²) in [4.78, 5) is 12.9.